The van der Waals surface area contributed by atoms with E-state index in [0.717, 1.165) is 12.8 Å². The second-order valence-corrected chi connectivity index (χ2v) is 8.65. The van der Waals surface area contributed by atoms with Crippen LogP contribution in [0.3, 0.4) is 0 Å². The lowest BCUT2D eigenvalue weighted by Gasteiger charge is -2.55. The number of rotatable bonds is 3. The molecule has 1 aliphatic heterocycles. The third-order valence-corrected chi connectivity index (χ3v) is 6.40. The van der Waals surface area contributed by atoms with E-state index in [9.17, 15) is 9.59 Å². The molecular weight excluding hydrogens is 356 g/mol. The molecule has 1 aromatic carbocycles. The molecule has 0 radical (unpaired) electrons. The average Bonchev–Trinajstić information content (AvgIpc) is 2.67. The summed E-state index contributed by atoms with van der Waals surface area (Å²) >= 11 is 0. The van der Waals surface area contributed by atoms with E-state index >= 15 is 0 Å². The molecule has 3 aliphatic carbocycles. The van der Waals surface area contributed by atoms with Gasteiger partial charge in [0.2, 0.25) is 5.91 Å². The molecule has 28 heavy (non-hydrogen) atoms. The molecule has 4 atom stereocenters. The van der Waals surface area contributed by atoms with Gasteiger partial charge in [0.05, 0.1) is 18.2 Å². The van der Waals surface area contributed by atoms with Gasteiger partial charge in [0.15, 0.2) is 5.72 Å². The van der Waals surface area contributed by atoms with Gasteiger partial charge in [0, 0.05) is 24.3 Å². The summed E-state index contributed by atoms with van der Waals surface area (Å²) in [4.78, 5) is 25.6. The summed E-state index contributed by atoms with van der Waals surface area (Å²) in [6.45, 7) is 3.64. The molecule has 6 heteroatoms. The van der Waals surface area contributed by atoms with Gasteiger partial charge < -0.3 is 20.1 Å². The third kappa shape index (κ3) is 2.99. The van der Waals surface area contributed by atoms with Crippen LogP contribution in [0.25, 0.3) is 0 Å². The topological polar surface area (TPSA) is 76.7 Å². The molecule has 4 aliphatic rings. The Kier molecular flexibility index (Phi) is 4.29. The molecular formula is C22H26N2O4. The van der Waals surface area contributed by atoms with Gasteiger partial charge in [0.25, 0.3) is 5.91 Å². The molecule has 0 unspecified atom stereocenters. The van der Waals surface area contributed by atoms with Crippen molar-refractivity contribution < 1.29 is 19.1 Å². The van der Waals surface area contributed by atoms with Crippen LogP contribution in [0.1, 0.15) is 49.9 Å². The molecule has 148 valence electrons. The monoisotopic (exact) mass is 382 g/mol. The van der Waals surface area contributed by atoms with Crippen LogP contribution < -0.4 is 20.1 Å². The molecule has 3 saturated carbocycles. The number of nitrogens with one attached hydrogen (secondary N) is 2. The van der Waals surface area contributed by atoms with Gasteiger partial charge in [0.1, 0.15) is 11.5 Å². The molecule has 2 bridgehead atoms. The molecule has 1 aromatic rings. The highest BCUT2D eigenvalue weighted by molar-refractivity contribution is 5.98. The minimum Gasteiger partial charge on any atom is -0.497 e. The maximum atomic E-state index is 12.8. The summed E-state index contributed by atoms with van der Waals surface area (Å²) in [5.41, 5.74) is -0.910. The Morgan fingerprint density at radius 1 is 1.43 bits per heavy atom. The van der Waals surface area contributed by atoms with Gasteiger partial charge in [-0.05, 0) is 51.2 Å². The van der Waals surface area contributed by atoms with E-state index in [-0.39, 0.29) is 29.6 Å². The van der Waals surface area contributed by atoms with E-state index in [1.807, 2.05) is 13.8 Å². The van der Waals surface area contributed by atoms with Crippen LogP contribution in [-0.2, 0) is 4.79 Å². The molecule has 5 rings (SSSR count). The third-order valence-electron chi connectivity index (χ3n) is 6.40. The summed E-state index contributed by atoms with van der Waals surface area (Å²) in [5, 5.41) is 6.08. The van der Waals surface area contributed by atoms with E-state index in [1.54, 1.807) is 25.3 Å². The predicted octanol–water partition coefficient (Wildman–Crippen LogP) is 2.48. The van der Waals surface area contributed by atoms with Crippen LogP contribution in [0.2, 0.25) is 0 Å². The highest BCUT2D eigenvalue weighted by atomic mass is 16.5. The van der Waals surface area contributed by atoms with Crippen LogP contribution in [0.4, 0.5) is 0 Å². The zero-order valence-corrected chi connectivity index (χ0v) is 16.5. The molecule has 0 aromatic heterocycles. The van der Waals surface area contributed by atoms with Crippen molar-refractivity contribution in [2.45, 2.75) is 50.8 Å². The fourth-order valence-electron chi connectivity index (χ4n) is 4.88. The molecule has 6 nitrogen and oxygen atoms in total. The Hall–Kier alpha value is -2.68. The fourth-order valence-corrected chi connectivity index (χ4v) is 4.88. The minimum absolute atomic E-state index is 0.00305. The predicted molar refractivity (Wildman–Crippen MR) is 104 cm³/mol. The lowest BCUT2D eigenvalue weighted by atomic mass is 9.59. The standard InChI is InChI=1S/C22H26N2O4/c1-5-21(2,3)23-20(26)17-10-14-7-6-13(17)12-22(14)24-19(25)16-9-8-15(27-4)11-18(16)28-22/h1,8-9,11,13-14,17H,6-7,10,12H2,2-4H3,(H,23,26)(H,24,25)/t13-,14+,17+,22+/m1/s1. The van der Waals surface area contributed by atoms with Gasteiger partial charge in [-0.25, -0.2) is 0 Å². The maximum absolute atomic E-state index is 12.8. The zero-order chi connectivity index (χ0) is 20.1. The van der Waals surface area contributed by atoms with Crippen molar-refractivity contribution in [3.63, 3.8) is 0 Å². The minimum atomic E-state index is -0.752. The van der Waals surface area contributed by atoms with E-state index in [2.05, 4.69) is 16.6 Å². The second kappa shape index (κ2) is 6.44. The quantitative estimate of drug-likeness (QED) is 0.788. The van der Waals surface area contributed by atoms with E-state index in [1.165, 1.54) is 0 Å². The van der Waals surface area contributed by atoms with Crippen LogP contribution in [0, 0.1) is 30.1 Å². The van der Waals surface area contributed by atoms with Crippen molar-refractivity contribution >= 4 is 11.8 Å². The summed E-state index contributed by atoms with van der Waals surface area (Å²) in [6.07, 6.45) is 8.68. The second-order valence-electron chi connectivity index (χ2n) is 8.65. The number of ether oxygens (including phenoxy) is 2. The summed E-state index contributed by atoms with van der Waals surface area (Å²) < 4.78 is 11.7. The number of carbonyl (C=O) groups excluding carboxylic acids is 2. The molecule has 1 spiro atoms. The van der Waals surface area contributed by atoms with Gasteiger partial charge in [-0.15, -0.1) is 6.42 Å². The smallest absolute Gasteiger partial charge is 0.258 e. The maximum Gasteiger partial charge on any atom is 0.258 e. The molecule has 2 N–H and O–H groups in total. The number of hydrogen-bond donors (Lipinski definition) is 2. The first-order valence-corrected chi connectivity index (χ1v) is 9.76. The number of benzene rings is 1. The van der Waals surface area contributed by atoms with Crippen molar-refractivity contribution in [1.82, 2.24) is 10.6 Å². The van der Waals surface area contributed by atoms with Gasteiger partial charge >= 0.3 is 0 Å². The number of amides is 2. The normalized spacial score (nSPS) is 30.6. The highest BCUT2D eigenvalue weighted by Crippen LogP contribution is 2.52. The highest BCUT2D eigenvalue weighted by Gasteiger charge is 2.57. The molecule has 1 heterocycles. The number of methoxy groups -OCH3 is 1. The first-order valence-electron chi connectivity index (χ1n) is 9.76. The van der Waals surface area contributed by atoms with Crippen molar-refractivity contribution in [3.8, 4) is 23.8 Å². The Bertz CT molecular complexity index is 872. The molecule has 2 amide bonds. The van der Waals surface area contributed by atoms with Crippen LogP contribution in [-0.4, -0.2) is 30.2 Å². The first kappa shape index (κ1) is 18.7. The largest absolute Gasteiger partial charge is 0.497 e. The first-order chi connectivity index (χ1) is 13.3. The number of terminal acetylenes is 1. The van der Waals surface area contributed by atoms with Crippen molar-refractivity contribution in [3.05, 3.63) is 23.8 Å². The number of fused-ring (bicyclic) bond motifs is 3. The average molecular weight is 382 g/mol. The van der Waals surface area contributed by atoms with Gasteiger partial charge in [-0.1, -0.05) is 5.92 Å². The van der Waals surface area contributed by atoms with Crippen LogP contribution in [0.15, 0.2) is 18.2 Å². The van der Waals surface area contributed by atoms with E-state index < -0.39 is 11.3 Å². The fraction of sp³-hybridized carbons (Fsp3) is 0.545. The lowest BCUT2D eigenvalue weighted by molar-refractivity contribution is -0.147. The Morgan fingerprint density at radius 3 is 2.86 bits per heavy atom. The Morgan fingerprint density at radius 2 is 2.21 bits per heavy atom. The Balaban J connectivity index is 1.57. The Labute approximate surface area is 165 Å². The van der Waals surface area contributed by atoms with E-state index in [4.69, 9.17) is 15.9 Å². The van der Waals surface area contributed by atoms with Crippen molar-refractivity contribution in [2.75, 3.05) is 7.11 Å². The SMILES string of the molecule is C#CC(C)(C)NC(=O)[C@H]1C[C@@H]2CC[C@@H]1C[C@@]21NC(=O)c2ccc(OC)cc2O1. The summed E-state index contributed by atoms with van der Waals surface area (Å²) in [7, 11) is 1.59. The van der Waals surface area contributed by atoms with Gasteiger partial charge in [-0.2, -0.15) is 0 Å². The zero-order valence-electron chi connectivity index (χ0n) is 16.5. The van der Waals surface area contributed by atoms with Crippen molar-refractivity contribution in [1.29, 1.82) is 0 Å². The van der Waals surface area contributed by atoms with E-state index in [0.29, 0.717) is 29.9 Å². The van der Waals surface area contributed by atoms with Crippen molar-refractivity contribution in [2.24, 2.45) is 17.8 Å². The summed E-state index contributed by atoms with van der Waals surface area (Å²) in [5.74, 6) is 3.79. The number of carbonyl (C=O) groups is 2. The van der Waals surface area contributed by atoms with Gasteiger partial charge in [-0.3, -0.25) is 9.59 Å². The molecule has 0 saturated heterocycles. The van der Waals surface area contributed by atoms with Crippen LogP contribution >= 0.6 is 0 Å². The summed E-state index contributed by atoms with van der Waals surface area (Å²) in [6, 6.07) is 5.23. The van der Waals surface area contributed by atoms with Crippen LogP contribution in [0.5, 0.6) is 11.5 Å². The molecule has 3 fully saturated rings. The lowest BCUT2D eigenvalue weighted by Crippen LogP contribution is -2.67. The number of hydrogen-bond acceptors (Lipinski definition) is 4.